The van der Waals surface area contributed by atoms with E-state index < -0.39 is 11.4 Å². The zero-order chi connectivity index (χ0) is 14.0. The summed E-state index contributed by atoms with van der Waals surface area (Å²) in [4.78, 5) is 37.5. The summed E-state index contributed by atoms with van der Waals surface area (Å²) in [6.07, 6.45) is 1.08. The van der Waals surface area contributed by atoms with E-state index in [0.29, 0.717) is 5.69 Å². The second-order valence-electron chi connectivity index (χ2n) is 3.64. The molecule has 8 nitrogen and oxygen atoms in total. The molecule has 0 saturated carbocycles. The number of hydrogen-bond donors (Lipinski definition) is 4. The third-order valence-corrected chi connectivity index (χ3v) is 2.34. The third kappa shape index (κ3) is 3.01. The van der Waals surface area contributed by atoms with Crippen molar-refractivity contribution >= 4 is 24.4 Å². The lowest BCUT2D eigenvalue weighted by Gasteiger charge is -1.97. The van der Waals surface area contributed by atoms with Gasteiger partial charge in [0, 0.05) is 18.0 Å². The number of H-pyrrole nitrogens is 3. The van der Waals surface area contributed by atoms with Gasteiger partial charge in [-0.25, -0.2) is 9.98 Å². The van der Waals surface area contributed by atoms with E-state index in [-0.39, 0.29) is 21.8 Å². The van der Waals surface area contributed by atoms with Crippen LogP contribution in [0.2, 0.25) is 0 Å². The van der Waals surface area contributed by atoms with E-state index in [0.717, 1.165) is 6.21 Å². The minimum atomic E-state index is -0.597. The van der Waals surface area contributed by atoms with E-state index in [1.54, 1.807) is 6.92 Å². The fourth-order valence-corrected chi connectivity index (χ4v) is 1.54. The van der Waals surface area contributed by atoms with Crippen LogP contribution in [-0.4, -0.2) is 31.3 Å². The first-order valence-electron chi connectivity index (χ1n) is 5.13. The Bertz CT molecular complexity index is 817. The highest BCUT2D eigenvalue weighted by Crippen LogP contribution is 2.06. The molecule has 19 heavy (non-hydrogen) atoms. The molecule has 98 valence electrons. The molecule has 2 rings (SSSR count). The van der Waals surface area contributed by atoms with Crippen LogP contribution in [-0.2, 0) is 0 Å². The number of rotatable bonds is 2. The van der Waals surface area contributed by atoms with E-state index >= 15 is 0 Å². The molecule has 0 aliphatic rings. The zero-order valence-corrected chi connectivity index (χ0v) is 10.5. The maximum absolute atomic E-state index is 11.5. The standard InChI is InChI=1S/C10H9N5O3S/c1-4-2-6(16)13-9(12-4)11-3-5-7(17)14-10(19)15-8(5)18/h2-3H,1H3,(H,12,13,16)(H3,14,15,17,18,19). The molecule has 0 aliphatic heterocycles. The van der Waals surface area contributed by atoms with Crippen LogP contribution in [0.3, 0.4) is 0 Å². The van der Waals surface area contributed by atoms with Gasteiger partial charge in [-0.2, -0.15) is 0 Å². The Labute approximate surface area is 110 Å². The van der Waals surface area contributed by atoms with E-state index in [9.17, 15) is 14.7 Å². The predicted octanol–water partition coefficient (Wildman–Crippen LogP) is 0.280. The fourth-order valence-electron chi connectivity index (χ4n) is 1.35. The molecular weight excluding hydrogens is 270 g/mol. The van der Waals surface area contributed by atoms with Gasteiger partial charge in [-0.1, -0.05) is 0 Å². The van der Waals surface area contributed by atoms with Crippen LogP contribution in [0.1, 0.15) is 11.3 Å². The molecule has 4 N–H and O–H groups in total. The zero-order valence-electron chi connectivity index (χ0n) is 9.72. The van der Waals surface area contributed by atoms with Gasteiger partial charge in [0.15, 0.2) is 4.77 Å². The molecule has 0 amide bonds. The van der Waals surface area contributed by atoms with Gasteiger partial charge in [0.2, 0.25) is 11.8 Å². The molecule has 0 fully saturated rings. The van der Waals surface area contributed by atoms with Crippen molar-refractivity contribution in [1.29, 1.82) is 0 Å². The Morgan fingerprint density at radius 1 is 1.37 bits per heavy atom. The number of nitrogens with zero attached hydrogens (tertiary/aromatic N) is 2. The van der Waals surface area contributed by atoms with E-state index in [1.807, 2.05) is 0 Å². The number of aryl methyl sites for hydroxylation is 1. The van der Waals surface area contributed by atoms with Crippen LogP contribution in [0.4, 0.5) is 5.95 Å². The smallest absolute Gasteiger partial charge is 0.264 e. The average Bonchev–Trinajstić information content (AvgIpc) is 2.25. The highest BCUT2D eigenvalue weighted by molar-refractivity contribution is 7.71. The lowest BCUT2D eigenvalue weighted by Crippen LogP contribution is -2.13. The van der Waals surface area contributed by atoms with Crippen LogP contribution in [0.5, 0.6) is 5.88 Å². The number of aliphatic imine (C=N–C) groups is 1. The first-order valence-corrected chi connectivity index (χ1v) is 5.54. The Morgan fingerprint density at radius 3 is 2.74 bits per heavy atom. The van der Waals surface area contributed by atoms with Gasteiger partial charge >= 0.3 is 0 Å². The normalized spacial score (nSPS) is 11.0. The Morgan fingerprint density at radius 2 is 2.11 bits per heavy atom. The van der Waals surface area contributed by atoms with Gasteiger partial charge in [0.05, 0.1) is 0 Å². The number of aromatic nitrogens is 4. The summed E-state index contributed by atoms with van der Waals surface area (Å²) in [7, 11) is 0. The fraction of sp³-hybridized carbons (Fsp3) is 0.100. The first kappa shape index (κ1) is 12.9. The number of hydrogen-bond acceptors (Lipinski definition) is 6. The summed E-state index contributed by atoms with van der Waals surface area (Å²) < 4.78 is 0.00161. The summed E-state index contributed by atoms with van der Waals surface area (Å²) in [5.41, 5.74) is -0.579. The van der Waals surface area contributed by atoms with Crippen molar-refractivity contribution in [2.45, 2.75) is 6.92 Å². The molecule has 9 heteroatoms. The van der Waals surface area contributed by atoms with Crippen LogP contribution < -0.4 is 11.1 Å². The minimum Gasteiger partial charge on any atom is -0.494 e. The molecule has 0 spiro atoms. The Hall–Kier alpha value is -2.55. The highest BCUT2D eigenvalue weighted by atomic mass is 32.1. The number of nitrogens with one attached hydrogen (secondary N) is 3. The molecule has 2 aromatic heterocycles. The van der Waals surface area contributed by atoms with Gasteiger partial charge in [0.1, 0.15) is 5.56 Å². The third-order valence-electron chi connectivity index (χ3n) is 2.13. The predicted molar refractivity (Wildman–Crippen MR) is 70.8 cm³/mol. The van der Waals surface area contributed by atoms with Crippen molar-refractivity contribution in [3.8, 4) is 5.88 Å². The summed E-state index contributed by atoms with van der Waals surface area (Å²) in [5, 5.41) is 9.53. The minimum absolute atomic E-state index is 0.00161. The van der Waals surface area contributed by atoms with Crippen molar-refractivity contribution in [3.63, 3.8) is 0 Å². The van der Waals surface area contributed by atoms with E-state index in [2.05, 4.69) is 37.1 Å². The van der Waals surface area contributed by atoms with E-state index in [4.69, 9.17) is 0 Å². The second kappa shape index (κ2) is 4.98. The Balaban J connectivity index is 2.46. The van der Waals surface area contributed by atoms with Crippen molar-refractivity contribution in [3.05, 3.63) is 42.8 Å². The topological polar surface area (TPSA) is 127 Å². The average molecular weight is 279 g/mol. The van der Waals surface area contributed by atoms with Gasteiger partial charge in [-0.05, 0) is 19.1 Å². The molecule has 2 heterocycles. The molecule has 0 radical (unpaired) electrons. The van der Waals surface area contributed by atoms with Gasteiger partial charge < -0.3 is 10.1 Å². The maximum atomic E-state index is 11.5. The summed E-state index contributed by atoms with van der Waals surface area (Å²) in [6, 6.07) is 1.31. The molecule has 0 atom stereocenters. The molecular formula is C10H9N5O3S. The van der Waals surface area contributed by atoms with E-state index in [1.165, 1.54) is 6.07 Å². The molecule has 0 bridgehead atoms. The molecule has 2 aromatic rings. The van der Waals surface area contributed by atoms with Crippen LogP contribution in [0.25, 0.3) is 0 Å². The largest absolute Gasteiger partial charge is 0.494 e. The highest BCUT2D eigenvalue weighted by Gasteiger charge is 2.04. The molecule has 0 aromatic carbocycles. The Kier molecular flexibility index (Phi) is 3.38. The van der Waals surface area contributed by atoms with Gasteiger partial charge in [-0.15, -0.1) is 0 Å². The van der Waals surface area contributed by atoms with Crippen molar-refractivity contribution in [1.82, 2.24) is 19.9 Å². The van der Waals surface area contributed by atoms with Crippen LogP contribution in [0, 0.1) is 11.7 Å². The summed E-state index contributed by atoms with van der Waals surface area (Å²) in [5.74, 6) is -0.376. The molecule has 0 unspecified atom stereocenters. The lowest BCUT2D eigenvalue weighted by molar-refractivity contribution is 0.449. The SMILES string of the molecule is Cc1cc(=O)[nH]c(N=Cc2c(O)[nH]c(=S)[nH]c2=O)n1. The van der Waals surface area contributed by atoms with Gasteiger partial charge in [-0.3, -0.25) is 19.6 Å². The van der Waals surface area contributed by atoms with Crippen LogP contribution in [0.15, 0.2) is 20.6 Å². The number of aromatic amines is 3. The molecule has 0 aliphatic carbocycles. The first-order chi connectivity index (χ1) is 8.95. The maximum Gasteiger partial charge on any atom is 0.264 e. The van der Waals surface area contributed by atoms with Gasteiger partial charge in [0.25, 0.3) is 11.1 Å². The monoisotopic (exact) mass is 279 g/mol. The summed E-state index contributed by atoms with van der Waals surface area (Å²) in [6.45, 7) is 1.64. The van der Waals surface area contributed by atoms with Crippen molar-refractivity contribution < 1.29 is 5.11 Å². The van der Waals surface area contributed by atoms with Crippen LogP contribution >= 0.6 is 12.2 Å². The summed E-state index contributed by atoms with van der Waals surface area (Å²) >= 11 is 4.68. The quantitative estimate of drug-likeness (QED) is 0.464. The molecule has 0 saturated heterocycles. The lowest BCUT2D eigenvalue weighted by atomic mass is 10.3. The van der Waals surface area contributed by atoms with Crippen molar-refractivity contribution in [2.75, 3.05) is 0 Å². The second-order valence-corrected chi connectivity index (χ2v) is 4.05. The number of aromatic hydroxyl groups is 1. The van der Waals surface area contributed by atoms with Crippen molar-refractivity contribution in [2.24, 2.45) is 4.99 Å².